The molecule has 2 aromatic carbocycles. The van der Waals surface area contributed by atoms with Gasteiger partial charge < -0.3 is 10.6 Å². The first-order valence-electron chi connectivity index (χ1n) is 8.19. The molecular formula is C18H22FN3O3S. The molecule has 2 aromatic rings. The molecular weight excluding hydrogens is 357 g/mol. The van der Waals surface area contributed by atoms with Crippen molar-refractivity contribution in [2.24, 2.45) is 0 Å². The van der Waals surface area contributed by atoms with Crippen molar-refractivity contribution in [3.63, 3.8) is 0 Å². The Morgan fingerprint density at radius 1 is 1.00 bits per heavy atom. The highest BCUT2D eigenvalue weighted by molar-refractivity contribution is 7.89. The van der Waals surface area contributed by atoms with Gasteiger partial charge in [-0.2, -0.15) is 0 Å². The number of urea groups is 1. The molecule has 0 heterocycles. The molecule has 0 aromatic heterocycles. The highest BCUT2D eigenvalue weighted by Crippen LogP contribution is 2.09. The zero-order chi connectivity index (χ0) is 19.0. The molecule has 0 atom stereocenters. The van der Waals surface area contributed by atoms with E-state index in [1.165, 1.54) is 24.3 Å². The lowest BCUT2D eigenvalue weighted by atomic mass is 10.1. The van der Waals surface area contributed by atoms with E-state index in [2.05, 4.69) is 15.4 Å². The van der Waals surface area contributed by atoms with Crippen LogP contribution >= 0.6 is 0 Å². The van der Waals surface area contributed by atoms with E-state index in [-0.39, 0.29) is 23.8 Å². The maximum Gasteiger partial charge on any atom is 0.314 e. The van der Waals surface area contributed by atoms with E-state index in [4.69, 9.17) is 0 Å². The van der Waals surface area contributed by atoms with Crippen molar-refractivity contribution in [1.82, 2.24) is 15.4 Å². The number of carbonyl (C=O) groups is 1. The fourth-order valence-corrected chi connectivity index (χ4v) is 3.27. The van der Waals surface area contributed by atoms with Gasteiger partial charge in [-0.05, 0) is 43.2 Å². The van der Waals surface area contributed by atoms with Gasteiger partial charge in [-0.3, -0.25) is 0 Å². The van der Waals surface area contributed by atoms with E-state index < -0.39 is 16.1 Å². The van der Waals surface area contributed by atoms with Crippen LogP contribution < -0.4 is 15.4 Å². The van der Waals surface area contributed by atoms with E-state index in [0.29, 0.717) is 13.0 Å². The fraction of sp³-hybridized carbons (Fsp3) is 0.278. The summed E-state index contributed by atoms with van der Waals surface area (Å²) in [6, 6.07) is 12.3. The third kappa shape index (κ3) is 6.45. The van der Waals surface area contributed by atoms with Crippen LogP contribution in [-0.4, -0.2) is 34.1 Å². The van der Waals surface area contributed by atoms with Crippen LogP contribution in [0.1, 0.15) is 11.1 Å². The topological polar surface area (TPSA) is 87.3 Å². The smallest absolute Gasteiger partial charge is 0.314 e. The molecule has 6 nitrogen and oxygen atoms in total. The summed E-state index contributed by atoms with van der Waals surface area (Å²) in [6.45, 7) is 2.45. The molecule has 0 fully saturated rings. The van der Waals surface area contributed by atoms with Crippen molar-refractivity contribution in [2.75, 3.05) is 19.6 Å². The number of nitrogens with one attached hydrogen (secondary N) is 3. The predicted molar refractivity (Wildman–Crippen MR) is 97.9 cm³/mol. The minimum atomic E-state index is -3.59. The third-order valence-corrected chi connectivity index (χ3v) is 5.10. The fourth-order valence-electron chi connectivity index (χ4n) is 2.24. The first-order chi connectivity index (χ1) is 12.4. The molecule has 0 saturated heterocycles. The lowest BCUT2D eigenvalue weighted by Crippen LogP contribution is -2.40. The largest absolute Gasteiger partial charge is 0.338 e. The van der Waals surface area contributed by atoms with Crippen molar-refractivity contribution in [2.45, 2.75) is 18.2 Å². The second-order valence-corrected chi connectivity index (χ2v) is 7.54. The van der Waals surface area contributed by atoms with Gasteiger partial charge in [-0.1, -0.05) is 29.8 Å². The van der Waals surface area contributed by atoms with E-state index in [1.54, 1.807) is 24.3 Å². The van der Waals surface area contributed by atoms with E-state index in [1.807, 2.05) is 6.92 Å². The van der Waals surface area contributed by atoms with Crippen LogP contribution in [0.3, 0.4) is 0 Å². The first-order valence-corrected chi connectivity index (χ1v) is 9.67. The number of sulfonamides is 1. The highest BCUT2D eigenvalue weighted by atomic mass is 32.2. The molecule has 0 saturated carbocycles. The SMILES string of the molecule is Cc1ccc(S(=O)(=O)NCCNC(=O)NCCc2cccc(F)c2)cc1. The highest BCUT2D eigenvalue weighted by Gasteiger charge is 2.12. The quantitative estimate of drug-likeness (QED) is 0.613. The van der Waals surface area contributed by atoms with Gasteiger partial charge in [0.05, 0.1) is 4.90 Å². The molecule has 26 heavy (non-hydrogen) atoms. The molecule has 0 aliphatic heterocycles. The lowest BCUT2D eigenvalue weighted by molar-refractivity contribution is 0.241. The summed E-state index contributed by atoms with van der Waals surface area (Å²) in [6.07, 6.45) is 0.505. The summed E-state index contributed by atoms with van der Waals surface area (Å²) in [5.41, 5.74) is 1.76. The van der Waals surface area contributed by atoms with Crippen LogP contribution in [-0.2, 0) is 16.4 Å². The summed E-state index contributed by atoms with van der Waals surface area (Å²) in [5, 5.41) is 5.20. The Morgan fingerprint density at radius 2 is 1.69 bits per heavy atom. The van der Waals surface area contributed by atoms with Gasteiger partial charge in [0.15, 0.2) is 0 Å². The third-order valence-electron chi connectivity index (χ3n) is 3.62. The molecule has 0 unspecified atom stereocenters. The van der Waals surface area contributed by atoms with Gasteiger partial charge in [0.1, 0.15) is 5.82 Å². The minimum absolute atomic E-state index is 0.0769. The Kier molecular flexibility index (Phi) is 7.11. The zero-order valence-corrected chi connectivity index (χ0v) is 15.3. The number of aryl methyl sites for hydroxylation is 1. The van der Waals surface area contributed by atoms with Crippen LogP contribution in [0.15, 0.2) is 53.4 Å². The molecule has 0 spiro atoms. The molecule has 0 bridgehead atoms. The number of halogens is 1. The second kappa shape index (κ2) is 9.30. The van der Waals surface area contributed by atoms with Crippen LogP contribution in [0.5, 0.6) is 0 Å². The van der Waals surface area contributed by atoms with Gasteiger partial charge >= 0.3 is 6.03 Å². The van der Waals surface area contributed by atoms with E-state index in [9.17, 15) is 17.6 Å². The summed E-state index contributed by atoms with van der Waals surface area (Å²) >= 11 is 0. The maximum atomic E-state index is 13.0. The number of amides is 2. The summed E-state index contributed by atoms with van der Waals surface area (Å²) < 4.78 is 39.6. The van der Waals surface area contributed by atoms with Gasteiger partial charge in [-0.15, -0.1) is 0 Å². The number of rotatable bonds is 8. The van der Waals surface area contributed by atoms with Crippen molar-refractivity contribution in [3.05, 3.63) is 65.5 Å². The normalized spacial score (nSPS) is 11.2. The van der Waals surface area contributed by atoms with E-state index >= 15 is 0 Å². The standard InChI is InChI=1S/C18H22FN3O3S/c1-14-5-7-17(8-6-14)26(24,25)22-12-11-21-18(23)20-10-9-15-3-2-4-16(19)13-15/h2-8,13,22H,9-12H2,1H3,(H2,20,21,23). The van der Waals surface area contributed by atoms with Crippen molar-refractivity contribution in [1.29, 1.82) is 0 Å². The Hall–Kier alpha value is -2.45. The summed E-state index contributed by atoms with van der Waals surface area (Å²) in [7, 11) is -3.59. The maximum absolute atomic E-state index is 13.0. The molecule has 0 aliphatic carbocycles. The summed E-state index contributed by atoms with van der Waals surface area (Å²) in [5.74, 6) is -0.312. The Balaban J connectivity index is 1.66. The molecule has 3 N–H and O–H groups in total. The number of hydrogen-bond acceptors (Lipinski definition) is 3. The molecule has 8 heteroatoms. The monoisotopic (exact) mass is 379 g/mol. The number of benzene rings is 2. The average molecular weight is 379 g/mol. The molecule has 0 radical (unpaired) electrons. The molecule has 2 rings (SSSR count). The lowest BCUT2D eigenvalue weighted by Gasteiger charge is -2.09. The Morgan fingerprint density at radius 3 is 2.38 bits per heavy atom. The molecule has 2 amide bonds. The van der Waals surface area contributed by atoms with Crippen LogP contribution in [0, 0.1) is 12.7 Å². The number of carbonyl (C=O) groups excluding carboxylic acids is 1. The molecule has 0 aliphatic rings. The van der Waals surface area contributed by atoms with Gasteiger partial charge in [0, 0.05) is 19.6 Å². The van der Waals surface area contributed by atoms with Crippen LogP contribution in [0.25, 0.3) is 0 Å². The minimum Gasteiger partial charge on any atom is -0.338 e. The zero-order valence-electron chi connectivity index (χ0n) is 14.5. The average Bonchev–Trinajstić information content (AvgIpc) is 2.59. The Labute approximate surface area is 152 Å². The van der Waals surface area contributed by atoms with Crippen molar-refractivity contribution < 1.29 is 17.6 Å². The van der Waals surface area contributed by atoms with Crippen molar-refractivity contribution >= 4 is 16.1 Å². The predicted octanol–water partition coefficient (Wildman–Crippen LogP) is 1.95. The van der Waals surface area contributed by atoms with Gasteiger partial charge in [0.25, 0.3) is 0 Å². The first kappa shape index (κ1) is 19.9. The second-order valence-electron chi connectivity index (χ2n) is 5.77. The van der Waals surface area contributed by atoms with Crippen molar-refractivity contribution in [3.8, 4) is 0 Å². The summed E-state index contributed by atoms with van der Waals surface area (Å²) in [4.78, 5) is 11.8. The van der Waals surface area contributed by atoms with Gasteiger partial charge in [-0.25, -0.2) is 22.3 Å². The van der Waals surface area contributed by atoms with E-state index in [0.717, 1.165) is 11.1 Å². The van der Waals surface area contributed by atoms with Crippen LogP contribution in [0.4, 0.5) is 9.18 Å². The number of hydrogen-bond donors (Lipinski definition) is 3. The Bertz CT molecular complexity index is 839. The van der Waals surface area contributed by atoms with Crippen LogP contribution in [0.2, 0.25) is 0 Å². The molecule has 140 valence electrons. The van der Waals surface area contributed by atoms with Gasteiger partial charge in [0.2, 0.25) is 10.0 Å².